The van der Waals surface area contributed by atoms with Gasteiger partial charge in [0.1, 0.15) is 0 Å². The second kappa shape index (κ2) is 7.36. The highest BCUT2D eigenvalue weighted by Gasteiger charge is 2.32. The Morgan fingerprint density at radius 3 is 2.60 bits per heavy atom. The molecule has 0 aromatic heterocycles. The summed E-state index contributed by atoms with van der Waals surface area (Å²) in [4.78, 5) is 16.5. The van der Waals surface area contributed by atoms with Gasteiger partial charge in [0, 0.05) is 39.3 Å². The number of amides is 1. The summed E-state index contributed by atoms with van der Waals surface area (Å²) in [6, 6.07) is -0.194. The number of hydrogen-bond acceptors (Lipinski definition) is 5. The van der Waals surface area contributed by atoms with Crippen LogP contribution in [0.2, 0.25) is 0 Å². The molecule has 2 N–H and O–H groups in total. The van der Waals surface area contributed by atoms with Crippen LogP contribution in [0.15, 0.2) is 0 Å². The van der Waals surface area contributed by atoms with Crippen LogP contribution in [-0.2, 0) is 9.53 Å². The first-order valence-corrected chi connectivity index (χ1v) is 7.60. The summed E-state index contributed by atoms with van der Waals surface area (Å²) in [5.74, 6) is 0.139. The summed E-state index contributed by atoms with van der Waals surface area (Å²) >= 11 is 0. The molecular weight excluding hydrogens is 258 g/mol. The lowest BCUT2D eigenvalue weighted by molar-refractivity contribution is -0.135. The van der Waals surface area contributed by atoms with Crippen molar-refractivity contribution in [3.05, 3.63) is 0 Å². The Balaban J connectivity index is 1.67. The molecule has 0 radical (unpaired) electrons. The van der Waals surface area contributed by atoms with Gasteiger partial charge in [-0.1, -0.05) is 0 Å². The number of aliphatic hydroxyl groups is 1. The molecule has 20 heavy (non-hydrogen) atoms. The number of hydrogen-bond donors (Lipinski definition) is 2. The van der Waals surface area contributed by atoms with Crippen LogP contribution in [0.1, 0.15) is 20.3 Å². The van der Waals surface area contributed by atoms with E-state index in [1.54, 1.807) is 0 Å². The van der Waals surface area contributed by atoms with Gasteiger partial charge in [-0.3, -0.25) is 9.69 Å². The predicted molar refractivity (Wildman–Crippen MR) is 76.5 cm³/mol. The first-order chi connectivity index (χ1) is 9.56. The van der Waals surface area contributed by atoms with E-state index in [0.717, 1.165) is 39.3 Å². The summed E-state index contributed by atoms with van der Waals surface area (Å²) in [6.07, 6.45) is 0.442. The largest absolute Gasteiger partial charge is 0.392 e. The highest BCUT2D eigenvalue weighted by atomic mass is 16.5. The Morgan fingerprint density at radius 1 is 1.35 bits per heavy atom. The molecule has 0 aromatic rings. The number of carbonyl (C=O) groups excluding carboxylic acids is 1. The first-order valence-electron chi connectivity index (χ1n) is 7.60. The highest BCUT2D eigenvalue weighted by molar-refractivity contribution is 5.82. The van der Waals surface area contributed by atoms with Crippen molar-refractivity contribution in [2.45, 2.75) is 38.5 Å². The second-order valence-electron chi connectivity index (χ2n) is 5.94. The molecule has 0 unspecified atom stereocenters. The molecule has 1 amide bonds. The number of carbonyl (C=O) groups is 1. The number of β-amino-alcohol motifs (C(OH)–C–C–N with tert-alkyl or cyclic N) is 1. The van der Waals surface area contributed by atoms with E-state index < -0.39 is 0 Å². The van der Waals surface area contributed by atoms with Crippen molar-refractivity contribution < 1.29 is 14.6 Å². The van der Waals surface area contributed by atoms with Crippen LogP contribution < -0.4 is 5.32 Å². The fourth-order valence-corrected chi connectivity index (χ4v) is 2.73. The zero-order valence-electron chi connectivity index (χ0n) is 12.5. The quantitative estimate of drug-likeness (QED) is 0.698. The van der Waals surface area contributed by atoms with Crippen molar-refractivity contribution in [3.8, 4) is 0 Å². The predicted octanol–water partition coefficient (Wildman–Crippen LogP) is -0.722. The normalized spacial score (nSPS) is 28.3. The molecule has 0 aromatic carbocycles. The molecule has 116 valence electrons. The van der Waals surface area contributed by atoms with Crippen LogP contribution >= 0.6 is 0 Å². The van der Waals surface area contributed by atoms with Crippen molar-refractivity contribution in [2.75, 3.05) is 45.9 Å². The summed E-state index contributed by atoms with van der Waals surface area (Å²) in [5, 5.41) is 12.6. The minimum atomic E-state index is -0.376. The number of rotatable bonds is 5. The van der Waals surface area contributed by atoms with Crippen molar-refractivity contribution in [3.63, 3.8) is 0 Å². The molecule has 2 fully saturated rings. The van der Waals surface area contributed by atoms with E-state index in [1.807, 2.05) is 18.7 Å². The van der Waals surface area contributed by atoms with Gasteiger partial charge in [0.25, 0.3) is 0 Å². The van der Waals surface area contributed by atoms with Gasteiger partial charge in [0.15, 0.2) is 0 Å². The van der Waals surface area contributed by atoms with Crippen LogP contribution in [0.5, 0.6) is 0 Å². The van der Waals surface area contributed by atoms with E-state index in [2.05, 4.69) is 10.2 Å². The van der Waals surface area contributed by atoms with Crippen LogP contribution in [0, 0.1) is 0 Å². The third-order valence-electron chi connectivity index (χ3n) is 3.95. The van der Waals surface area contributed by atoms with Crippen LogP contribution in [-0.4, -0.2) is 84.9 Å². The Bertz CT molecular complexity index is 317. The van der Waals surface area contributed by atoms with Gasteiger partial charge in [-0.15, -0.1) is 0 Å². The maximum atomic E-state index is 12.3. The minimum Gasteiger partial charge on any atom is -0.392 e. The molecule has 0 aliphatic carbocycles. The Morgan fingerprint density at radius 2 is 2.05 bits per heavy atom. The maximum Gasteiger partial charge on any atom is 0.239 e. The molecule has 2 aliphatic heterocycles. The SMILES string of the molecule is CC(C)OCCN1CCN(C(=O)[C@H]2C[C@@H](O)CN2)CC1. The molecule has 2 heterocycles. The fourth-order valence-electron chi connectivity index (χ4n) is 2.73. The number of ether oxygens (including phenoxy) is 1. The van der Waals surface area contributed by atoms with E-state index in [9.17, 15) is 9.90 Å². The zero-order chi connectivity index (χ0) is 14.5. The molecule has 2 saturated heterocycles. The number of piperazine rings is 1. The average Bonchev–Trinajstić information content (AvgIpc) is 2.85. The summed E-state index contributed by atoms with van der Waals surface area (Å²) in [5.41, 5.74) is 0. The molecule has 0 bridgehead atoms. The fraction of sp³-hybridized carbons (Fsp3) is 0.929. The standard InChI is InChI=1S/C14H27N3O3/c1-11(2)20-8-7-16-3-5-17(6-4-16)14(19)13-9-12(18)10-15-13/h11-13,15,18H,3-10H2,1-2H3/t12-,13-/m1/s1. The topological polar surface area (TPSA) is 65.0 Å². The third kappa shape index (κ3) is 4.41. The van der Waals surface area contributed by atoms with Gasteiger partial charge >= 0.3 is 0 Å². The van der Waals surface area contributed by atoms with Gasteiger partial charge in [0.05, 0.1) is 24.9 Å². The van der Waals surface area contributed by atoms with Gasteiger partial charge in [0.2, 0.25) is 5.91 Å². The maximum absolute atomic E-state index is 12.3. The molecule has 0 spiro atoms. The summed E-state index contributed by atoms with van der Waals surface area (Å²) in [7, 11) is 0. The van der Waals surface area contributed by atoms with Crippen LogP contribution in [0.4, 0.5) is 0 Å². The first kappa shape index (κ1) is 15.7. The van der Waals surface area contributed by atoms with Gasteiger partial charge in [-0.25, -0.2) is 0 Å². The Labute approximate surface area is 121 Å². The van der Waals surface area contributed by atoms with Gasteiger partial charge in [-0.2, -0.15) is 0 Å². The second-order valence-corrected chi connectivity index (χ2v) is 5.94. The smallest absolute Gasteiger partial charge is 0.239 e. The average molecular weight is 285 g/mol. The molecule has 6 heteroatoms. The summed E-state index contributed by atoms with van der Waals surface area (Å²) in [6.45, 7) is 9.65. The van der Waals surface area contributed by atoms with Crippen LogP contribution in [0.25, 0.3) is 0 Å². The van der Waals surface area contributed by atoms with E-state index in [-0.39, 0.29) is 24.2 Å². The zero-order valence-corrected chi connectivity index (χ0v) is 12.5. The molecule has 2 aliphatic rings. The van der Waals surface area contributed by atoms with E-state index in [1.165, 1.54) is 0 Å². The Kier molecular flexibility index (Phi) is 5.77. The molecular formula is C14H27N3O3. The molecule has 0 saturated carbocycles. The third-order valence-corrected chi connectivity index (χ3v) is 3.95. The van der Waals surface area contributed by atoms with Crippen molar-refractivity contribution in [2.24, 2.45) is 0 Å². The molecule has 6 nitrogen and oxygen atoms in total. The van der Waals surface area contributed by atoms with E-state index in [4.69, 9.17) is 4.74 Å². The molecule has 2 rings (SSSR count). The number of nitrogens with zero attached hydrogens (tertiary/aromatic N) is 2. The van der Waals surface area contributed by atoms with Crippen molar-refractivity contribution in [1.82, 2.24) is 15.1 Å². The lowest BCUT2D eigenvalue weighted by Crippen LogP contribution is -2.53. The lowest BCUT2D eigenvalue weighted by Gasteiger charge is -2.36. The number of aliphatic hydroxyl groups excluding tert-OH is 1. The minimum absolute atomic E-state index is 0.139. The van der Waals surface area contributed by atoms with Gasteiger partial charge < -0.3 is 20.1 Å². The van der Waals surface area contributed by atoms with Crippen LogP contribution in [0.3, 0.4) is 0 Å². The monoisotopic (exact) mass is 285 g/mol. The summed E-state index contributed by atoms with van der Waals surface area (Å²) < 4.78 is 5.55. The highest BCUT2D eigenvalue weighted by Crippen LogP contribution is 2.11. The van der Waals surface area contributed by atoms with E-state index in [0.29, 0.717) is 13.0 Å². The number of nitrogens with one attached hydrogen (secondary N) is 1. The van der Waals surface area contributed by atoms with Crippen molar-refractivity contribution >= 4 is 5.91 Å². The lowest BCUT2D eigenvalue weighted by atomic mass is 10.1. The molecule has 2 atom stereocenters. The Hall–Kier alpha value is -0.690. The van der Waals surface area contributed by atoms with Gasteiger partial charge in [-0.05, 0) is 20.3 Å². The van der Waals surface area contributed by atoms with E-state index >= 15 is 0 Å². The van der Waals surface area contributed by atoms with Crippen molar-refractivity contribution in [1.29, 1.82) is 0 Å².